The molecule has 0 unspecified atom stereocenters. The Bertz CT molecular complexity index is 1060. The first-order valence-electron chi connectivity index (χ1n) is 9.46. The van der Waals surface area contributed by atoms with E-state index in [1.165, 1.54) is 16.5 Å². The van der Waals surface area contributed by atoms with Crippen LogP contribution in [0, 0.1) is 0 Å². The van der Waals surface area contributed by atoms with Gasteiger partial charge in [-0.1, -0.05) is 78.3 Å². The van der Waals surface area contributed by atoms with Gasteiger partial charge in [0.2, 0.25) is 0 Å². The highest BCUT2D eigenvalue weighted by Gasteiger charge is 2.11. The number of nitrogens with zero attached hydrogens (tertiary/aromatic N) is 1. The molecule has 3 aromatic carbocycles. The molecule has 1 heterocycles. The van der Waals surface area contributed by atoms with Crippen LogP contribution >= 0.6 is 11.6 Å². The number of aromatic nitrogens is 1. The van der Waals surface area contributed by atoms with E-state index in [0.29, 0.717) is 13.1 Å². The third kappa shape index (κ3) is 4.12. The van der Waals surface area contributed by atoms with Crippen molar-refractivity contribution in [2.45, 2.75) is 19.2 Å². The van der Waals surface area contributed by atoms with Gasteiger partial charge in [0.25, 0.3) is 0 Å². The van der Waals surface area contributed by atoms with E-state index >= 15 is 0 Å². The van der Waals surface area contributed by atoms with E-state index in [9.17, 15) is 5.11 Å². The number of aliphatic hydroxyl groups is 1. The lowest BCUT2D eigenvalue weighted by Crippen LogP contribution is -2.20. The Kier molecular flexibility index (Phi) is 5.77. The van der Waals surface area contributed by atoms with Gasteiger partial charge in [-0.2, -0.15) is 0 Å². The summed E-state index contributed by atoms with van der Waals surface area (Å²) in [4.78, 5) is 0. The van der Waals surface area contributed by atoms with E-state index in [1.54, 1.807) is 0 Å². The molecule has 0 spiro atoms. The number of rotatable bonds is 7. The van der Waals surface area contributed by atoms with E-state index < -0.39 is 6.10 Å². The van der Waals surface area contributed by atoms with Gasteiger partial charge >= 0.3 is 0 Å². The highest BCUT2D eigenvalue weighted by atomic mass is 35.5. The van der Waals surface area contributed by atoms with Crippen molar-refractivity contribution < 1.29 is 5.11 Å². The number of hydrogen-bond acceptors (Lipinski definition) is 2. The lowest BCUT2D eigenvalue weighted by molar-refractivity contribution is 0.174. The van der Waals surface area contributed by atoms with Gasteiger partial charge < -0.3 is 15.0 Å². The first-order valence-corrected chi connectivity index (χ1v) is 9.84. The predicted octanol–water partition coefficient (Wildman–Crippen LogP) is 5.17. The fraction of sp³-hybridized carbons (Fsp3) is 0.167. The Labute approximate surface area is 170 Å². The Morgan fingerprint density at radius 1 is 0.857 bits per heavy atom. The first-order chi connectivity index (χ1) is 13.7. The monoisotopic (exact) mass is 390 g/mol. The molecule has 0 aliphatic rings. The minimum Gasteiger partial charge on any atom is -0.387 e. The number of para-hydroxylation sites is 1. The van der Waals surface area contributed by atoms with E-state index in [0.717, 1.165) is 22.7 Å². The van der Waals surface area contributed by atoms with Crippen molar-refractivity contribution >= 4 is 22.5 Å². The van der Waals surface area contributed by atoms with E-state index in [1.807, 2.05) is 48.5 Å². The lowest BCUT2D eigenvalue weighted by atomic mass is 10.1. The Morgan fingerprint density at radius 2 is 1.57 bits per heavy atom. The van der Waals surface area contributed by atoms with Crippen molar-refractivity contribution in [3.63, 3.8) is 0 Å². The summed E-state index contributed by atoms with van der Waals surface area (Å²) in [5.74, 6) is 0. The van der Waals surface area contributed by atoms with Gasteiger partial charge in [-0.05, 0) is 28.8 Å². The molecular formula is C24H23ClN2O. The SMILES string of the molecule is O[C@H](CNCc1cn(Cc2ccccc2Cl)c2ccccc12)c1ccccc1. The normalized spacial score (nSPS) is 12.4. The average Bonchev–Trinajstić information content (AvgIpc) is 3.08. The average molecular weight is 391 g/mol. The third-order valence-electron chi connectivity index (χ3n) is 5.01. The predicted molar refractivity (Wildman–Crippen MR) is 116 cm³/mol. The van der Waals surface area contributed by atoms with Gasteiger partial charge in [0, 0.05) is 41.8 Å². The fourth-order valence-corrected chi connectivity index (χ4v) is 3.74. The van der Waals surface area contributed by atoms with E-state index in [4.69, 9.17) is 11.6 Å². The zero-order valence-corrected chi connectivity index (χ0v) is 16.3. The molecule has 4 rings (SSSR count). The molecule has 0 amide bonds. The van der Waals surface area contributed by atoms with Crippen molar-refractivity contribution in [2.24, 2.45) is 0 Å². The van der Waals surface area contributed by atoms with Crippen LogP contribution in [-0.4, -0.2) is 16.2 Å². The van der Waals surface area contributed by atoms with Gasteiger partial charge in [-0.15, -0.1) is 0 Å². The number of hydrogen-bond donors (Lipinski definition) is 2. The Hall–Kier alpha value is -2.59. The van der Waals surface area contributed by atoms with Crippen LogP contribution in [0.3, 0.4) is 0 Å². The zero-order valence-electron chi connectivity index (χ0n) is 15.6. The standard InChI is InChI=1S/C24H23ClN2O/c25-22-12-6-4-10-19(22)16-27-17-20(21-11-5-7-13-23(21)27)14-26-15-24(28)18-8-2-1-3-9-18/h1-13,17,24,26,28H,14-16H2/t24-/m1/s1. The molecule has 4 aromatic rings. The van der Waals surface area contributed by atoms with Crippen molar-refractivity contribution in [3.05, 3.63) is 107 Å². The van der Waals surface area contributed by atoms with Crippen LogP contribution in [0.2, 0.25) is 5.02 Å². The number of halogens is 1. The van der Waals surface area contributed by atoms with Gasteiger partial charge in [-0.3, -0.25) is 0 Å². The molecule has 142 valence electrons. The largest absolute Gasteiger partial charge is 0.387 e. The van der Waals surface area contributed by atoms with Crippen LogP contribution in [-0.2, 0) is 13.1 Å². The van der Waals surface area contributed by atoms with Crippen molar-refractivity contribution in [1.29, 1.82) is 0 Å². The van der Waals surface area contributed by atoms with E-state index in [-0.39, 0.29) is 0 Å². The summed E-state index contributed by atoms with van der Waals surface area (Å²) in [5.41, 5.74) is 4.42. The highest BCUT2D eigenvalue weighted by Crippen LogP contribution is 2.24. The van der Waals surface area contributed by atoms with Crippen LogP contribution in [0.5, 0.6) is 0 Å². The maximum Gasteiger partial charge on any atom is 0.0914 e. The summed E-state index contributed by atoms with van der Waals surface area (Å²) in [5, 5.41) is 15.8. The molecule has 1 aromatic heterocycles. The molecule has 0 saturated carbocycles. The Balaban J connectivity index is 1.51. The molecule has 0 radical (unpaired) electrons. The fourth-order valence-electron chi connectivity index (χ4n) is 3.54. The Morgan fingerprint density at radius 3 is 2.39 bits per heavy atom. The van der Waals surface area contributed by atoms with Gasteiger partial charge in [0.05, 0.1) is 6.10 Å². The quantitative estimate of drug-likeness (QED) is 0.457. The van der Waals surface area contributed by atoms with Crippen molar-refractivity contribution in [1.82, 2.24) is 9.88 Å². The lowest BCUT2D eigenvalue weighted by Gasteiger charge is -2.11. The van der Waals surface area contributed by atoms with Crippen LogP contribution in [0.15, 0.2) is 85.1 Å². The molecule has 0 aliphatic carbocycles. The minimum atomic E-state index is -0.516. The highest BCUT2D eigenvalue weighted by molar-refractivity contribution is 6.31. The van der Waals surface area contributed by atoms with Crippen LogP contribution in [0.1, 0.15) is 22.8 Å². The number of benzene rings is 3. The van der Waals surface area contributed by atoms with Crippen LogP contribution < -0.4 is 5.32 Å². The molecule has 0 aliphatic heterocycles. The molecule has 0 bridgehead atoms. The van der Waals surface area contributed by atoms with Crippen LogP contribution in [0.4, 0.5) is 0 Å². The smallest absolute Gasteiger partial charge is 0.0914 e. The topological polar surface area (TPSA) is 37.2 Å². The number of fused-ring (bicyclic) bond motifs is 1. The van der Waals surface area contributed by atoms with Crippen molar-refractivity contribution in [2.75, 3.05) is 6.54 Å². The molecule has 0 fully saturated rings. The number of aliphatic hydroxyl groups excluding tert-OH is 1. The zero-order chi connectivity index (χ0) is 19.3. The molecule has 2 N–H and O–H groups in total. The molecule has 4 heteroatoms. The second-order valence-corrected chi connectivity index (χ2v) is 7.36. The second kappa shape index (κ2) is 8.61. The summed E-state index contributed by atoms with van der Waals surface area (Å²) in [6.07, 6.45) is 1.66. The summed E-state index contributed by atoms with van der Waals surface area (Å²) >= 11 is 6.36. The molecule has 1 atom stereocenters. The maximum atomic E-state index is 10.4. The van der Waals surface area contributed by atoms with Gasteiger partial charge in [0.15, 0.2) is 0 Å². The van der Waals surface area contributed by atoms with E-state index in [2.05, 4.69) is 46.4 Å². The first kappa shape index (κ1) is 18.8. The maximum absolute atomic E-state index is 10.4. The number of nitrogens with one attached hydrogen (secondary N) is 1. The summed E-state index contributed by atoms with van der Waals surface area (Å²) in [6, 6.07) is 26.1. The summed E-state index contributed by atoms with van der Waals surface area (Å²) in [6.45, 7) is 1.93. The van der Waals surface area contributed by atoms with Gasteiger partial charge in [-0.25, -0.2) is 0 Å². The molecular weight excluding hydrogens is 368 g/mol. The molecule has 28 heavy (non-hydrogen) atoms. The molecule has 3 nitrogen and oxygen atoms in total. The molecule has 0 saturated heterocycles. The van der Waals surface area contributed by atoms with Crippen LogP contribution in [0.25, 0.3) is 10.9 Å². The third-order valence-corrected chi connectivity index (χ3v) is 5.38. The summed E-state index contributed by atoms with van der Waals surface area (Å²) < 4.78 is 2.24. The minimum absolute atomic E-state index is 0.508. The second-order valence-electron chi connectivity index (χ2n) is 6.95. The van der Waals surface area contributed by atoms with Crippen molar-refractivity contribution in [3.8, 4) is 0 Å². The van der Waals surface area contributed by atoms with Gasteiger partial charge in [0.1, 0.15) is 0 Å². The summed E-state index contributed by atoms with van der Waals surface area (Å²) in [7, 11) is 0.